The largest absolute Gasteiger partial charge is 0.460 e. The number of hydrogen-bond donors (Lipinski definition) is 1. The van der Waals surface area contributed by atoms with Crippen LogP contribution in [-0.2, 0) is 18.9 Å². The van der Waals surface area contributed by atoms with Gasteiger partial charge in [0, 0.05) is 28.3 Å². The SMILES string of the molecule is Cc1cc(I)cc(C(=O)NCC2CC2)c1CC(=O)c1cc(Cn2ncc(C(F)(F)C(F)(F)C(F)(F)F)n2)nn1-c1ncccc1Cl. The minimum absolute atomic E-state index is 0.00552. The Hall–Kier alpha value is -3.61. The normalized spacial score (nSPS) is 14.0. The first-order valence-electron chi connectivity index (χ1n) is 13.5. The number of carbonyl (C=O) groups is 2. The van der Waals surface area contributed by atoms with Crippen LogP contribution in [0.2, 0.25) is 5.02 Å². The topological polar surface area (TPSA) is 108 Å². The predicted octanol–water partition coefficient (Wildman–Crippen LogP) is 6.33. The van der Waals surface area contributed by atoms with Crippen LogP contribution in [0.25, 0.3) is 5.82 Å². The second-order valence-corrected chi connectivity index (χ2v) is 12.3. The van der Waals surface area contributed by atoms with Crippen molar-refractivity contribution >= 4 is 45.9 Å². The summed E-state index contributed by atoms with van der Waals surface area (Å²) in [6.07, 6.45) is -3.31. The number of nitrogens with one attached hydrogen (secondary N) is 1. The molecule has 18 heteroatoms. The highest BCUT2D eigenvalue weighted by Gasteiger charge is 2.74. The molecule has 0 atom stereocenters. The van der Waals surface area contributed by atoms with Gasteiger partial charge in [-0.15, -0.1) is 0 Å². The highest BCUT2D eigenvalue weighted by atomic mass is 127. The molecule has 4 aromatic rings. The van der Waals surface area contributed by atoms with Crippen LogP contribution in [0.5, 0.6) is 0 Å². The van der Waals surface area contributed by atoms with Crippen LogP contribution < -0.4 is 5.32 Å². The minimum atomic E-state index is -6.55. The Morgan fingerprint density at radius 1 is 1.09 bits per heavy atom. The number of nitrogens with zero attached hydrogens (tertiary/aromatic N) is 6. The number of alkyl halides is 7. The molecule has 3 heterocycles. The van der Waals surface area contributed by atoms with Gasteiger partial charge in [-0.2, -0.15) is 50.8 Å². The summed E-state index contributed by atoms with van der Waals surface area (Å²) in [6, 6.07) is 7.68. The van der Waals surface area contributed by atoms with E-state index >= 15 is 0 Å². The van der Waals surface area contributed by atoms with Gasteiger partial charge in [0.25, 0.3) is 5.91 Å². The van der Waals surface area contributed by atoms with E-state index in [1.807, 2.05) is 0 Å². The fourth-order valence-corrected chi connectivity index (χ4v) is 5.50. The zero-order valence-corrected chi connectivity index (χ0v) is 26.5. The van der Waals surface area contributed by atoms with E-state index in [1.54, 1.807) is 19.1 Å². The van der Waals surface area contributed by atoms with Gasteiger partial charge in [0.1, 0.15) is 12.2 Å². The van der Waals surface area contributed by atoms with Crippen molar-refractivity contribution in [2.24, 2.45) is 5.92 Å². The third-order valence-electron chi connectivity index (χ3n) is 7.17. The van der Waals surface area contributed by atoms with Gasteiger partial charge < -0.3 is 5.32 Å². The summed E-state index contributed by atoms with van der Waals surface area (Å²) in [5.74, 6) is -12.6. The molecule has 9 nitrogen and oxygen atoms in total. The van der Waals surface area contributed by atoms with Gasteiger partial charge in [-0.25, -0.2) is 9.67 Å². The van der Waals surface area contributed by atoms with Crippen molar-refractivity contribution in [3.05, 3.63) is 85.1 Å². The third kappa shape index (κ3) is 6.74. The number of pyridine rings is 1. The Morgan fingerprint density at radius 3 is 2.46 bits per heavy atom. The van der Waals surface area contributed by atoms with Gasteiger partial charge in [0.2, 0.25) is 0 Å². The number of amides is 1. The van der Waals surface area contributed by atoms with E-state index < -0.39 is 36.0 Å². The van der Waals surface area contributed by atoms with E-state index in [2.05, 4.69) is 48.2 Å². The molecular formula is C28H22ClF7IN7O2. The highest BCUT2D eigenvalue weighted by Crippen LogP contribution is 2.51. The molecule has 1 aliphatic rings. The van der Waals surface area contributed by atoms with Gasteiger partial charge >= 0.3 is 18.0 Å². The van der Waals surface area contributed by atoms with Crippen LogP contribution in [0.1, 0.15) is 56.2 Å². The molecular weight excluding hydrogens is 762 g/mol. The maximum atomic E-state index is 14.2. The molecule has 1 amide bonds. The molecule has 1 aromatic carbocycles. The first kappa shape index (κ1) is 33.7. The first-order chi connectivity index (χ1) is 21.5. The fraction of sp³-hybridized carbons (Fsp3) is 0.357. The molecule has 0 unspecified atom stereocenters. The summed E-state index contributed by atoms with van der Waals surface area (Å²) in [4.78, 5) is 31.5. The van der Waals surface area contributed by atoms with Crippen molar-refractivity contribution in [2.75, 3.05) is 6.54 Å². The smallest absolute Gasteiger partial charge is 0.352 e. The lowest BCUT2D eigenvalue weighted by atomic mass is 9.95. The molecule has 46 heavy (non-hydrogen) atoms. The molecule has 1 saturated carbocycles. The highest BCUT2D eigenvalue weighted by molar-refractivity contribution is 14.1. The lowest BCUT2D eigenvalue weighted by Gasteiger charge is -2.26. The monoisotopic (exact) mass is 783 g/mol. The van der Waals surface area contributed by atoms with Crippen molar-refractivity contribution in [2.45, 2.75) is 50.8 Å². The molecule has 0 aliphatic heterocycles. The fourth-order valence-electron chi connectivity index (χ4n) is 4.52. The average Bonchev–Trinajstić information content (AvgIpc) is 3.52. The summed E-state index contributed by atoms with van der Waals surface area (Å²) in [5.41, 5.74) is -0.653. The molecule has 244 valence electrons. The summed E-state index contributed by atoms with van der Waals surface area (Å²) in [6.45, 7) is 1.65. The van der Waals surface area contributed by atoms with Crippen LogP contribution in [0.3, 0.4) is 0 Å². The number of aryl methyl sites for hydroxylation is 1. The van der Waals surface area contributed by atoms with Crippen molar-refractivity contribution in [1.82, 2.24) is 35.1 Å². The Morgan fingerprint density at radius 2 is 1.80 bits per heavy atom. The van der Waals surface area contributed by atoms with Gasteiger partial charge in [-0.1, -0.05) is 11.6 Å². The van der Waals surface area contributed by atoms with Crippen LogP contribution in [-0.4, -0.2) is 60.1 Å². The summed E-state index contributed by atoms with van der Waals surface area (Å²) < 4.78 is 95.2. The molecule has 0 radical (unpaired) electrons. The number of rotatable bonds is 11. The maximum absolute atomic E-state index is 14.2. The summed E-state index contributed by atoms with van der Waals surface area (Å²) in [5, 5.41) is 13.8. The zero-order valence-electron chi connectivity index (χ0n) is 23.6. The average molecular weight is 784 g/mol. The Labute approximate surface area is 274 Å². The Balaban J connectivity index is 1.48. The molecule has 1 N–H and O–H groups in total. The maximum Gasteiger partial charge on any atom is 0.460 e. The molecule has 3 aromatic heterocycles. The van der Waals surface area contributed by atoms with Crippen LogP contribution in [0.15, 0.2) is 42.7 Å². The second kappa shape index (κ2) is 12.5. The first-order valence-corrected chi connectivity index (χ1v) is 15.0. The van der Waals surface area contributed by atoms with Gasteiger partial charge in [-0.3, -0.25) is 9.59 Å². The van der Waals surface area contributed by atoms with E-state index in [0.717, 1.165) is 21.1 Å². The van der Waals surface area contributed by atoms with E-state index in [9.17, 15) is 40.3 Å². The van der Waals surface area contributed by atoms with Crippen LogP contribution >= 0.6 is 34.2 Å². The van der Waals surface area contributed by atoms with E-state index in [1.165, 1.54) is 24.4 Å². The molecule has 0 bridgehead atoms. The number of carbonyl (C=O) groups excluding carboxylic acids is 2. The van der Waals surface area contributed by atoms with Crippen molar-refractivity contribution in [3.8, 4) is 5.82 Å². The number of ketones is 1. The van der Waals surface area contributed by atoms with Crippen molar-refractivity contribution in [1.29, 1.82) is 0 Å². The van der Waals surface area contributed by atoms with Crippen molar-refractivity contribution in [3.63, 3.8) is 0 Å². The number of halogens is 9. The van der Waals surface area contributed by atoms with Crippen LogP contribution in [0.4, 0.5) is 30.7 Å². The van der Waals surface area contributed by atoms with E-state index in [-0.39, 0.29) is 40.8 Å². The molecule has 0 saturated heterocycles. The molecule has 1 aliphatic carbocycles. The third-order valence-corrected chi connectivity index (χ3v) is 8.08. The quantitative estimate of drug-likeness (QED) is 0.108. The summed E-state index contributed by atoms with van der Waals surface area (Å²) >= 11 is 8.37. The van der Waals surface area contributed by atoms with Crippen molar-refractivity contribution < 1.29 is 40.3 Å². The standard InChI is InChI=1S/C28H22ClF7IN7O2/c1-14-7-16(37)8-19(25(46)39-11-15-4-5-15)18(14)10-22(45)21-9-17(41-44(21)24-20(29)3-2-6-38-24)13-43-40-12-23(42-43)26(30,31)27(32,33)28(34,35)36/h2-3,6-9,12,15H,4-5,10-11,13H2,1H3,(H,39,46). The zero-order chi connectivity index (χ0) is 33.6. The Bertz CT molecular complexity index is 1800. The second-order valence-electron chi connectivity index (χ2n) is 10.7. The van der Waals surface area contributed by atoms with Gasteiger partial charge in [0.05, 0.1) is 16.9 Å². The summed E-state index contributed by atoms with van der Waals surface area (Å²) in [7, 11) is 0. The van der Waals surface area contributed by atoms with E-state index in [0.29, 0.717) is 33.9 Å². The lowest BCUT2D eigenvalue weighted by molar-refractivity contribution is -0.360. The number of Topliss-reactive ketones (excluding diaryl/α,β-unsaturated/α-hetero) is 1. The minimum Gasteiger partial charge on any atom is -0.352 e. The van der Waals surface area contributed by atoms with E-state index in [4.69, 9.17) is 11.6 Å². The number of benzene rings is 1. The van der Waals surface area contributed by atoms with Gasteiger partial charge in [-0.05, 0) is 89.7 Å². The molecule has 1 fully saturated rings. The molecule has 5 rings (SSSR count). The Kier molecular flexibility index (Phi) is 9.20. The lowest BCUT2D eigenvalue weighted by Crippen LogP contribution is -2.50. The predicted molar refractivity (Wildman–Crippen MR) is 157 cm³/mol. The van der Waals surface area contributed by atoms with Crippen LogP contribution in [0, 0.1) is 16.4 Å². The molecule has 0 spiro atoms. The number of aromatic nitrogens is 6. The number of hydrogen-bond acceptors (Lipinski definition) is 6. The van der Waals surface area contributed by atoms with Gasteiger partial charge in [0.15, 0.2) is 17.3 Å².